The molecule has 2 aromatic rings. The molecule has 1 heterocycles. The van der Waals surface area contributed by atoms with Gasteiger partial charge in [-0.1, -0.05) is 73.7 Å². The van der Waals surface area contributed by atoms with Crippen LogP contribution in [0.25, 0.3) is 0 Å². The number of amides is 2. The molecule has 1 aliphatic heterocycles. The number of ether oxygens (including phenoxy) is 1. The van der Waals surface area contributed by atoms with E-state index in [4.69, 9.17) is 4.74 Å². The molecule has 0 radical (unpaired) electrons. The summed E-state index contributed by atoms with van der Waals surface area (Å²) in [4.78, 5) is 26.4. The number of aliphatic hydroxyl groups is 1. The molecule has 0 saturated carbocycles. The van der Waals surface area contributed by atoms with Gasteiger partial charge < -0.3 is 9.84 Å². The van der Waals surface area contributed by atoms with Crippen LogP contribution in [-0.4, -0.2) is 34.7 Å². The quantitative estimate of drug-likeness (QED) is 0.841. The van der Waals surface area contributed by atoms with Gasteiger partial charge in [-0.3, -0.25) is 4.79 Å². The van der Waals surface area contributed by atoms with E-state index >= 15 is 0 Å². The molecule has 5 nitrogen and oxygen atoms in total. The average Bonchev–Trinajstić information content (AvgIpc) is 3.06. The first-order valence-corrected chi connectivity index (χ1v) is 8.45. The fourth-order valence-corrected chi connectivity index (χ4v) is 3.17. The molecule has 2 atom stereocenters. The van der Waals surface area contributed by atoms with Crippen LogP contribution in [-0.2, 0) is 15.1 Å². The third-order valence-electron chi connectivity index (χ3n) is 4.75. The number of imide groups is 1. The first-order valence-electron chi connectivity index (χ1n) is 8.45. The van der Waals surface area contributed by atoms with Crippen molar-refractivity contribution in [2.45, 2.75) is 18.6 Å². The number of carbonyl (C=O) groups is 2. The van der Waals surface area contributed by atoms with Gasteiger partial charge in [0.05, 0.1) is 18.6 Å². The molecule has 1 saturated heterocycles. The molecule has 3 rings (SSSR count). The first kappa shape index (κ1) is 17.9. The van der Waals surface area contributed by atoms with E-state index in [0.29, 0.717) is 0 Å². The van der Waals surface area contributed by atoms with Crippen LogP contribution < -0.4 is 0 Å². The van der Waals surface area contributed by atoms with Crippen molar-refractivity contribution in [3.05, 3.63) is 84.4 Å². The van der Waals surface area contributed by atoms with Crippen LogP contribution in [0.15, 0.2) is 73.3 Å². The normalized spacial score (nSPS) is 18.1. The Hall–Kier alpha value is -2.92. The van der Waals surface area contributed by atoms with Crippen LogP contribution in [0.2, 0.25) is 0 Å². The number of cyclic esters (lactones) is 1. The van der Waals surface area contributed by atoms with Gasteiger partial charge in [-0.05, 0) is 0 Å². The standard InChI is InChI=1S/C21H21NO4/c1-3-18(23)15(2)19(24)22-14-21(26-20(22)25,16-10-6-4-7-11-16)17-12-8-5-9-13-17/h3-13,15,18,23H,1,14H2,2H3. The predicted molar refractivity (Wildman–Crippen MR) is 97.2 cm³/mol. The third kappa shape index (κ3) is 3.02. The molecule has 0 spiro atoms. The van der Waals surface area contributed by atoms with Crippen molar-refractivity contribution in [2.75, 3.05) is 6.54 Å². The van der Waals surface area contributed by atoms with Crippen molar-refractivity contribution >= 4 is 12.0 Å². The van der Waals surface area contributed by atoms with Crippen molar-refractivity contribution in [3.8, 4) is 0 Å². The Kier molecular flexibility index (Phi) is 4.91. The maximum atomic E-state index is 12.7. The van der Waals surface area contributed by atoms with E-state index in [1.165, 1.54) is 6.08 Å². The highest BCUT2D eigenvalue weighted by molar-refractivity contribution is 5.95. The van der Waals surface area contributed by atoms with Crippen LogP contribution in [0.5, 0.6) is 0 Å². The highest BCUT2D eigenvalue weighted by Gasteiger charge is 2.51. The zero-order chi connectivity index (χ0) is 18.7. The lowest BCUT2D eigenvalue weighted by molar-refractivity contribution is -0.134. The molecular formula is C21H21NO4. The Balaban J connectivity index is 2.02. The molecule has 5 heteroatoms. The molecule has 1 fully saturated rings. The zero-order valence-corrected chi connectivity index (χ0v) is 14.5. The summed E-state index contributed by atoms with van der Waals surface area (Å²) < 4.78 is 5.78. The Morgan fingerprint density at radius 2 is 1.65 bits per heavy atom. The van der Waals surface area contributed by atoms with Gasteiger partial charge in [0.25, 0.3) is 0 Å². The highest BCUT2D eigenvalue weighted by atomic mass is 16.6. The van der Waals surface area contributed by atoms with E-state index in [-0.39, 0.29) is 6.54 Å². The maximum absolute atomic E-state index is 12.7. The summed E-state index contributed by atoms with van der Waals surface area (Å²) in [7, 11) is 0. The minimum absolute atomic E-state index is 0.0485. The summed E-state index contributed by atoms with van der Waals surface area (Å²) >= 11 is 0. The van der Waals surface area contributed by atoms with Crippen molar-refractivity contribution < 1.29 is 19.4 Å². The number of nitrogens with zero attached hydrogens (tertiary/aromatic N) is 1. The Morgan fingerprint density at radius 3 is 2.12 bits per heavy atom. The lowest BCUT2D eigenvalue weighted by atomic mass is 9.86. The fourth-order valence-electron chi connectivity index (χ4n) is 3.17. The number of aliphatic hydroxyl groups excluding tert-OH is 1. The van der Waals surface area contributed by atoms with Crippen LogP contribution in [0.3, 0.4) is 0 Å². The molecule has 134 valence electrons. The fraction of sp³-hybridized carbons (Fsp3) is 0.238. The molecule has 2 aromatic carbocycles. The average molecular weight is 351 g/mol. The predicted octanol–water partition coefficient (Wildman–Crippen LogP) is 3.09. The van der Waals surface area contributed by atoms with E-state index in [9.17, 15) is 14.7 Å². The molecule has 1 N–H and O–H groups in total. The van der Waals surface area contributed by atoms with E-state index in [0.717, 1.165) is 16.0 Å². The molecule has 0 bridgehead atoms. The largest absolute Gasteiger partial charge is 0.431 e. The second-order valence-electron chi connectivity index (χ2n) is 6.37. The molecule has 2 amide bonds. The van der Waals surface area contributed by atoms with Crippen LogP contribution >= 0.6 is 0 Å². The molecular weight excluding hydrogens is 330 g/mol. The number of carbonyl (C=O) groups excluding carboxylic acids is 2. The third-order valence-corrected chi connectivity index (χ3v) is 4.75. The minimum Gasteiger partial charge on any atom is -0.431 e. The van der Waals surface area contributed by atoms with E-state index in [2.05, 4.69) is 6.58 Å². The molecule has 2 unspecified atom stereocenters. The van der Waals surface area contributed by atoms with Crippen molar-refractivity contribution in [1.29, 1.82) is 0 Å². The monoisotopic (exact) mass is 351 g/mol. The van der Waals surface area contributed by atoms with Gasteiger partial charge in [0.15, 0.2) is 5.60 Å². The van der Waals surface area contributed by atoms with Crippen molar-refractivity contribution in [2.24, 2.45) is 5.92 Å². The Labute approximate surface area is 152 Å². The van der Waals surface area contributed by atoms with Crippen LogP contribution in [0.4, 0.5) is 4.79 Å². The molecule has 0 aromatic heterocycles. The van der Waals surface area contributed by atoms with Gasteiger partial charge in [0.1, 0.15) is 0 Å². The van der Waals surface area contributed by atoms with Gasteiger partial charge in [-0.25, -0.2) is 9.69 Å². The SMILES string of the molecule is C=CC(O)C(C)C(=O)N1CC(c2ccccc2)(c2ccccc2)OC1=O. The van der Waals surface area contributed by atoms with Crippen LogP contribution in [0.1, 0.15) is 18.1 Å². The van der Waals surface area contributed by atoms with Gasteiger partial charge in [0.2, 0.25) is 5.91 Å². The maximum Gasteiger partial charge on any atom is 0.418 e. The molecule has 26 heavy (non-hydrogen) atoms. The number of rotatable bonds is 5. The topological polar surface area (TPSA) is 66.8 Å². The summed E-state index contributed by atoms with van der Waals surface area (Å²) in [5.74, 6) is -1.28. The minimum atomic E-state index is -1.08. The molecule has 1 aliphatic rings. The number of benzene rings is 2. The van der Waals surface area contributed by atoms with Crippen molar-refractivity contribution in [1.82, 2.24) is 4.90 Å². The highest BCUT2D eigenvalue weighted by Crippen LogP contribution is 2.40. The smallest absolute Gasteiger partial charge is 0.418 e. The lowest BCUT2D eigenvalue weighted by Gasteiger charge is -2.28. The van der Waals surface area contributed by atoms with E-state index in [1.54, 1.807) is 6.92 Å². The summed E-state index contributed by atoms with van der Waals surface area (Å²) in [6, 6.07) is 18.7. The summed E-state index contributed by atoms with van der Waals surface area (Å²) in [6.45, 7) is 5.11. The zero-order valence-electron chi connectivity index (χ0n) is 14.5. The molecule has 0 aliphatic carbocycles. The first-order chi connectivity index (χ1) is 12.5. The van der Waals surface area contributed by atoms with Crippen LogP contribution in [0, 0.1) is 5.92 Å². The van der Waals surface area contributed by atoms with Gasteiger partial charge in [0, 0.05) is 11.1 Å². The Morgan fingerprint density at radius 1 is 1.15 bits per heavy atom. The van der Waals surface area contributed by atoms with E-state index in [1.807, 2.05) is 60.7 Å². The summed E-state index contributed by atoms with van der Waals surface area (Å²) in [5, 5.41) is 9.89. The summed E-state index contributed by atoms with van der Waals surface area (Å²) in [5.41, 5.74) is 0.493. The second kappa shape index (κ2) is 7.14. The van der Waals surface area contributed by atoms with E-state index < -0.39 is 29.6 Å². The second-order valence-corrected chi connectivity index (χ2v) is 6.37. The van der Waals surface area contributed by atoms with Crippen molar-refractivity contribution in [3.63, 3.8) is 0 Å². The lowest BCUT2D eigenvalue weighted by Crippen LogP contribution is -2.41. The van der Waals surface area contributed by atoms with Gasteiger partial charge in [-0.2, -0.15) is 0 Å². The van der Waals surface area contributed by atoms with Gasteiger partial charge >= 0.3 is 6.09 Å². The Bertz CT molecular complexity index is 764. The number of hydrogen-bond donors (Lipinski definition) is 1. The van der Waals surface area contributed by atoms with Gasteiger partial charge in [-0.15, -0.1) is 6.58 Å². The number of hydrogen-bond acceptors (Lipinski definition) is 4. The summed E-state index contributed by atoms with van der Waals surface area (Å²) in [6.07, 6.45) is -0.462.